The molecule has 0 spiro atoms. The Balaban J connectivity index is 1.60. The van der Waals surface area contributed by atoms with Crippen molar-refractivity contribution in [2.75, 3.05) is 5.32 Å². The summed E-state index contributed by atoms with van der Waals surface area (Å²) in [6, 6.07) is 3.61. The zero-order valence-corrected chi connectivity index (χ0v) is 16.1. The van der Waals surface area contributed by atoms with Crippen LogP contribution in [-0.2, 0) is 36.3 Å². The predicted molar refractivity (Wildman–Crippen MR) is 102 cm³/mol. The quantitative estimate of drug-likeness (QED) is 0.807. The van der Waals surface area contributed by atoms with Crippen LogP contribution in [0.2, 0.25) is 0 Å². The predicted octanol–water partition coefficient (Wildman–Crippen LogP) is 3.70. The third-order valence-corrected chi connectivity index (χ3v) is 6.20. The van der Waals surface area contributed by atoms with Crippen LogP contribution in [0.25, 0.3) is 0 Å². The first-order chi connectivity index (χ1) is 12.5. The average Bonchev–Trinajstić information content (AvgIpc) is 3.34. The number of aromatic nitrogens is 2. The first-order valence-electron chi connectivity index (χ1n) is 9.24. The van der Waals surface area contributed by atoms with Crippen LogP contribution in [0.15, 0.2) is 27.7 Å². The van der Waals surface area contributed by atoms with Crippen molar-refractivity contribution in [1.82, 2.24) is 9.78 Å². The molecule has 1 heterocycles. The minimum atomic E-state index is -2.20. The van der Waals surface area contributed by atoms with Crippen molar-refractivity contribution < 1.29 is 9.00 Å². The van der Waals surface area contributed by atoms with E-state index in [2.05, 4.69) is 20.8 Å². The molecule has 0 aliphatic heterocycles. The molecule has 0 saturated heterocycles. The van der Waals surface area contributed by atoms with E-state index >= 15 is 0 Å². The summed E-state index contributed by atoms with van der Waals surface area (Å²) in [5.74, 6) is 0. The second-order valence-electron chi connectivity index (χ2n) is 7.28. The number of thiol groups is 1. The minimum absolute atomic E-state index is 0.176. The van der Waals surface area contributed by atoms with Gasteiger partial charge in [-0.25, -0.2) is 9.00 Å². The molecule has 0 saturated carbocycles. The van der Waals surface area contributed by atoms with Crippen LogP contribution in [0.1, 0.15) is 55.0 Å². The maximum absolute atomic E-state index is 12.4. The standard InChI is InChI=1S/C19H24N4O2S/c1-12(2)23-10-9-17(21-23)26(25)22-19(24)20-18-15-7-3-5-13(15)11-14-6-4-8-16(14)18/h9-12,26H,3-8H2,1-2H3,(H,20,24). The Labute approximate surface area is 155 Å². The van der Waals surface area contributed by atoms with E-state index in [9.17, 15) is 9.00 Å². The number of hydrogen-bond acceptors (Lipinski definition) is 3. The van der Waals surface area contributed by atoms with Crippen LogP contribution < -0.4 is 5.32 Å². The number of hydrogen-bond donors (Lipinski definition) is 2. The summed E-state index contributed by atoms with van der Waals surface area (Å²) in [5.41, 5.74) is 6.11. The maximum Gasteiger partial charge on any atom is 0.353 e. The number of nitrogens with zero attached hydrogens (tertiary/aromatic N) is 3. The van der Waals surface area contributed by atoms with E-state index in [1.165, 1.54) is 22.3 Å². The maximum atomic E-state index is 12.4. The number of aryl methyl sites for hydroxylation is 2. The van der Waals surface area contributed by atoms with Crippen LogP contribution >= 0.6 is 0 Å². The van der Waals surface area contributed by atoms with Crippen molar-refractivity contribution in [3.63, 3.8) is 0 Å². The molecule has 4 rings (SSSR count). The summed E-state index contributed by atoms with van der Waals surface area (Å²) in [5, 5.41) is 7.53. The first kappa shape index (κ1) is 17.3. The summed E-state index contributed by atoms with van der Waals surface area (Å²) in [7, 11) is -2.20. The lowest BCUT2D eigenvalue weighted by Crippen LogP contribution is -2.11. The van der Waals surface area contributed by atoms with Gasteiger partial charge in [0.15, 0.2) is 5.03 Å². The topological polar surface area (TPSA) is 76.3 Å². The molecule has 138 valence electrons. The molecule has 0 fully saturated rings. The normalized spacial score (nSPS) is 16.7. The van der Waals surface area contributed by atoms with Crippen LogP contribution in [0.5, 0.6) is 0 Å². The van der Waals surface area contributed by atoms with E-state index in [1.54, 1.807) is 16.9 Å². The lowest BCUT2D eigenvalue weighted by molar-refractivity contribution is 0.260. The van der Waals surface area contributed by atoms with Gasteiger partial charge < -0.3 is 5.32 Å². The zero-order chi connectivity index (χ0) is 18.3. The molecule has 1 atom stereocenters. The van der Waals surface area contributed by atoms with Gasteiger partial charge in [-0.15, -0.1) is 4.36 Å². The van der Waals surface area contributed by atoms with E-state index in [4.69, 9.17) is 0 Å². The third kappa shape index (κ3) is 3.16. The molecular weight excluding hydrogens is 348 g/mol. The van der Waals surface area contributed by atoms with Gasteiger partial charge in [-0.05, 0) is 80.7 Å². The second kappa shape index (κ2) is 6.87. The lowest BCUT2D eigenvalue weighted by Gasteiger charge is -2.14. The molecule has 26 heavy (non-hydrogen) atoms. The van der Waals surface area contributed by atoms with Gasteiger partial charge in [-0.3, -0.25) is 4.68 Å². The highest BCUT2D eigenvalue weighted by Gasteiger charge is 2.24. The summed E-state index contributed by atoms with van der Waals surface area (Å²) in [4.78, 5) is 12.4. The van der Waals surface area contributed by atoms with Gasteiger partial charge in [0.1, 0.15) is 0 Å². The summed E-state index contributed by atoms with van der Waals surface area (Å²) in [6.07, 6.45) is 8.13. The molecule has 1 unspecified atom stereocenters. The number of urea groups is 1. The van der Waals surface area contributed by atoms with Crippen molar-refractivity contribution in [2.24, 2.45) is 4.36 Å². The number of rotatable bonds is 3. The van der Waals surface area contributed by atoms with Gasteiger partial charge in [-0.2, -0.15) is 5.10 Å². The highest BCUT2D eigenvalue weighted by Crippen LogP contribution is 2.38. The van der Waals surface area contributed by atoms with E-state index in [0.29, 0.717) is 5.03 Å². The van der Waals surface area contributed by atoms with Crippen molar-refractivity contribution in [2.45, 2.75) is 63.4 Å². The fourth-order valence-electron chi connectivity index (χ4n) is 3.95. The van der Waals surface area contributed by atoms with E-state index in [1.807, 2.05) is 13.8 Å². The number of nitrogens with one attached hydrogen (secondary N) is 1. The number of anilines is 1. The molecule has 6 nitrogen and oxygen atoms in total. The highest BCUT2D eigenvalue weighted by atomic mass is 32.2. The highest BCUT2D eigenvalue weighted by molar-refractivity contribution is 7.75. The first-order valence-corrected chi connectivity index (χ1v) is 10.5. The van der Waals surface area contributed by atoms with Crippen LogP contribution in [0.4, 0.5) is 10.5 Å². The van der Waals surface area contributed by atoms with E-state index < -0.39 is 16.6 Å². The van der Waals surface area contributed by atoms with Gasteiger partial charge in [0, 0.05) is 17.9 Å². The van der Waals surface area contributed by atoms with Crippen molar-refractivity contribution in [3.8, 4) is 0 Å². The lowest BCUT2D eigenvalue weighted by atomic mass is 9.99. The Kier molecular flexibility index (Phi) is 4.56. The smallest absolute Gasteiger partial charge is 0.305 e. The molecule has 1 N–H and O–H groups in total. The fraction of sp³-hybridized carbons (Fsp3) is 0.474. The molecule has 2 amide bonds. The SMILES string of the molecule is CC(C)n1ccc(/[SH](=O)=N/C(=O)Nc2c3c(cc4c2CCC4)CCC3)n1. The van der Waals surface area contributed by atoms with Gasteiger partial charge in [-0.1, -0.05) is 6.07 Å². The number of benzene rings is 1. The number of carbonyl (C=O) groups excluding carboxylic acids is 1. The largest absolute Gasteiger partial charge is 0.353 e. The van der Waals surface area contributed by atoms with Crippen molar-refractivity contribution >= 4 is 22.3 Å². The Morgan fingerprint density at radius 3 is 2.42 bits per heavy atom. The Hall–Kier alpha value is -2.15. The van der Waals surface area contributed by atoms with Crippen LogP contribution in [-0.4, -0.2) is 20.0 Å². The Morgan fingerprint density at radius 2 is 1.85 bits per heavy atom. The average molecular weight is 372 g/mol. The molecular formula is C19H24N4O2S. The third-order valence-electron chi connectivity index (χ3n) is 5.21. The fourth-order valence-corrected chi connectivity index (χ4v) is 4.64. The van der Waals surface area contributed by atoms with Gasteiger partial charge in [0.25, 0.3) is 0 Å². The number of amides is 2. The van der Waals surface area contributed by atoms with E-state index in [-0.39, 0.29) is 6.04 Å². The summed E-state index contributed by atoms with van der Waals surface area (Å²) < 4.78 is 18.0. The van der Waals surface area contributed by atoms with Crippen LogP contribution in [0.3, 0.4) is 0 Å². The van der Waals surface area contributed by atoms with Gasteiger partial charge >= 0.3 is 6.03 Å². The molecule has 1 aromatic heterocycles. The zero-order valence-electron chi connectivity index (χ0n) is 15.2. The molecule has 2 aromatic rings. The second-order valence-corrected chi connectivity index (χ2v) is 8.49. The van der Waals surface area contributed by atoms with E-state index in [0.717, 1.165) is 44.2 Å². The minimum Gasteiger partial charge on any atom is -0.305 e. The molecule has 7 heteroatoms. The molecule has 0 radical (unpaired) electrons. The monoisotopic (exact) mass is 372 g/mol. The van der Waals surface area contributed by atoms with Crippen LogP contribution in [0, 0.1) is 0 Å². The Bertz CT molecular complexity index is 922. The summed E-state index contributed by atoms with van der Waals surface area (Å²) in [6.45, 7) is 3.98. The van der Waals surface area contributed by atoms with Crippen molar-refractivity contribution in [3.05, 3.63) is 40.6 Å². The number of fused-ring (bicyclic) bond motifs is 2. The molecule has 2 aliphatic carbocycles. The Morgan fingerprint density at radius 1 is 1.19 bits per heavy atom. The molecule has 2 aliphatic rings. The number of carbonyl (C=O) groups is 1. The van der Waals surface area contributed by atoms with Gasteiger partial charge in [0.2, 0.25) is 0 Å². The van der Waals surface area contributed by atoms with Gasteiger partial charge in [0.05, 0.1) is 10.6 Å². The summed E-state index contributed by atoms with van der Waals surface area (Å²) >= 11 is 0. The van der Waals surface area contributed by atoms with Crippen molar-refractivity contribution in [1.29, 1.82) is 0 Å². The molecule has 1 aromatic carbocycles. The molecule has 0 bridgehead atoms.